The van der Waals surface area contributed by atoms with Crippen LogP contribution in [0.1, 0.15) is 18.9 Å². The van der Waals surface area contributed by atoms with Gasteiger partial charge in [-0.1, -0.05) is 18.2 Å². The predicted octanol–water partition coefficient (Wildman–Crippen LogP) is 3.35. The van der Waals surface area contributed by atoms with Gasteiger partial charge in [-0.05, 0) is 49.2 Å². The quantitative estimate of drug-likeness (QED) is 0.751. The zero-order valence-corrected chi connectivity index (χ0v) is 14.3. The minimum absolute atomic E-state index is 0. The molecule has 0 bridgehead atoms. The van der Waals surface area contributed by atoms with E-state index in [2.05, 4.69) is 5.32 Å². The first-order valence-electron chi connectivity index (χ1n) is 7.57. The first kappa shape index (κ1) is 19.8. The van der Waals surface area contributed by atoms with Gasteiger partial charge in [0.25, 0.3) is 0 Å². The topological polar surface area (TPSA) is 64.4 Å². The van der Waals surface area contributed by atoms with Gasteiger partial charge in [0, 0.05) is 12.1 Å². The van der Waals surface area contributed by atoms with Gasteiger partial charge in [-0.3, -0.25) is 4.79 Å². The number of amides is 1. The average molecular weight is 353 g/mol. The summed E-state index contributed by atoms with van der Waals surface area (Å²) in [6.45, 7) is 2.24. The van der Waals surface area contributed by atoms with Crippen LogP contribution >= 0.6 is 12.4 Å². The molecule has 0 aliphatic heterocycles. The van der Waals surface area contributed by atoms with Crippen LogP contribution in [0.4, 0.5) is 10.1 Å². The number of carbonyl (C=O) groups excluding carboxylic acids is 1. The molecule has 4 nitrogen and oxygen atoms in total. The molecule has 0 heterocycles. The summed E-state index contributed by atoms with van der Waals surface area (Å²) in [5.74, 6) is 0.214. The summed E-state index contributed by atoms with van der Waals surface area (Å²) in [6, 6.07) is 13.3. The van der Waals surface area contributed by atoms with E-state index in [1.54, 1.807) is 12.1 Å². The van der Waals surface area contributed by atoms with E-state index in [9.17, 15) is 9.18 Å². The lowest BCUT2D eigenvalue weighted by atomic mass is 10.1. The van der Waals surface area contributed by atoms with Gasteiger partial charge in [0.15, 0.2) is 0 Å². The Hall–Kier alpha value is -2.27. The molecule has 2 rings (SSSR count). The Kier molecular flexibility index (Phi) is 8.06. The molecule has 24 heavy (non-hydrogen) atoms. The molecular weight excluding hydrogens is 331 g/mol. The third-order valence-electron chi connectivity index (χ3n) is 3.41. The molecule has 0 spiro atoms. The maximum atomic E-state index is 12.8. The van der Waals surface area contributed by atoms with Crippen LogP contribution in [0.25, 0.3) is 0 Å². The van der Waals surface area contributed by atoms with Crippen LogP contribution in [0.3, 0.4) is 0 Å². The molecule has 130 valence electrons. The van der Waals surface area contributed by atoms with Gasteiger partial charge in [-0.15, -0.1) is 12.4 Å². The predicted molar refractivity (Wildman–Crippen MR) is 95.9 cm³/mol. The van der Waals surface area contributed by atoms with E-state index in [0.717, 1.165) is 5.56 Å². The molecule has 0 radical (unpaired) electrons. The van der Waals surface area contributed by atoms with E-state index in [1.807, 2.05) is 31.2 Å². The van der Waals surface area contributed by atoms with Crippen molar-refractivity contribution in [2.75, 3.05) is 12.3 Å². The maximum Gasteiger partial charge on any atom is 0.220 e. The summed E-state index contributed by atoms with van der Waals surface area (Å²) >= 11 is 0. The van der Waals surface area contributed by atoms with Crippen LogP contribution in [0.5, 0.6) is 5.75 Å². The minimum Gasteiger partial charge on any atom is -0.489 e. The van der Waals surface area contributed by atoms with E-state index in [0.29, 0.717) is 30.8 Å². The van der Waals surface area contributed by atoms with Crippen LogP contribution in [-0.4, -0.2) is 18.6 Å². The summed E-state index contributed by atoms with van der Waals surface area (Å²) < 4.78 is 18.4. The molecule has 1 amide bonds. The molecule has 0 aliphatic carbocycles. The Morgan fingerprint density at radius 2 is 1.88 bits per heavy atom. The number of halogens is 2. The Morgan fingerprint density at radius 1 is 1.21 bits per heavy atom. The van der Waals surface area contributed by atoms with Gasteiger partial charge in [0.1, 0.15) is 17.7 Å². The monoisotopic (exact) mass is 352 g/mol. The third-order valence-corrected chi connectivity index (χ3v) is 3.41. The van der Waals surface area contributed by atoms with E-state index in [4.69, 9.17) is 10.5 Å². The van der Waals surface area contributed by atoms with Gasteiger partial charge < -0.3 is 15.8 Å². The SMILES string of the molecule is CC(CNC(=O)CCc1ccccc1N)Oc1ccc(F)cc1.Cl. The summed E-state index contributed by atoms with van der Waals surface area (Å²) in [5, 5.41) is 2.82. The van der Waals surface area contributed by atoms with Gasteiger partial charge >= 0.3 is 0 Å². The number of hydrogen-bond acceptors (Lipinski definition) is 3. The van der Waals surface area contributed by atoms with Crippen molar-refractivity contribution in [2.45, 2.75) is 25.9 Å². The highest BCUT2D eigenvalue weighted by Gasteiger charge is 2.08. The second-order valence-corrected chi connectivity index (χ2v) is 5.39. The lowest BCUT2D eigenvalue weighted by Crippen LogP contribution is -2.33. The summed E-state index contributed by atoms with van der Waals surface area (Å²) in [5.41, 5.74) is 7.52. The highest BCUT2D eigenvalue weighted by atomic mass is 35.5. The van der Waals surface area contributed by atoms with Gasteiger partial charge in [-0.25, -0.2) is 4.39 Å². The highest BCUT2D eigenvalue weighted by Crippen LogP contribution is 2.13. The number of nitrogen functional groups attached to an aromatic ring is 1. The molecule has 3 N–H and O–H groups in total. The van der Waals surface area contributed by atoms with Crippen molar-refractivity contribution >= 4 is 24.0 Å². The van der Waals surface area contributed by atoms with Crippen molar-refractivity contribution in [1.82, 2.24) is 5.32 Å². The molecule has 0 saturated carbocycles. The zero-order chi connectivity index (χ0) is 16.7. The fourth-order valence-corrected chi connectivity index (χ4v) is 2.14. The second-order valence-electron chi connectivity index (χ2n) is 5.39. The fourth-order valence-electron chi connectivity index (χ4n) is 2.14. The molecule has 0 aliphatic rings. The van der Waals surface area contributed by atoms with Crippen LogP contribution in [0.2, 0.25) is 0 Å². The molecule has 1 atom stereocenters. The fraction of sp³-hybridized carbons (Fsp3) is 0.278. The minimum atomic E-state index is -0.307. The van der Waals surface area contributed by atoms with Crippen molar-refractivity contribution in [3.8, 4) is 5.75 Å². The number of para-hydroxylation sites is 1. The molecule has 0 aromatic heterocycles. The Bertz CT molecular complexity index is 650. The van der Waals surface area contributed by atoms with Crippen LogP contribution in [-0.2, 0) is 11.2 Å². The maximum absolute atomic E-state index is 12.8. The van der Waals surface area contributed by atoms with Gasteiger partial charge in [-0.2, -0.15) is 0 Å². The zero-order valence-electron chi connectivity index (χ0n) is 13.5. The van der Waals surface area contributed by atoms with Crippen molar-refractivity contribution in [3.63, 3.8) is 0 Å². The smallest absolute Gasteiger partial charge is 0.220 e. The van der Waals surface area contributed by atoms with E-state index in [1.165, 1.54) is 12.1 Å². The molecule has 1 unspecified atom stereocenters. The lowest BCUT2D eigenvalue weighted by molar-refractivity contribution is -0.121. The summed E-state index contributed by atoms with van der Waals surface area (Å²) in [7, 11) is 0. The average Bonchev–Trinajstić information content (AvgIpc) is 2.54. The first-order chi connectivity index (χ1) is 11.0. The van der Waals surface area contributed by atoms with Crippen molar-refractivity contribution in [3.05, 3.63) is 59.9 Å². The summed E-state index contributed by atoms with van der Waals surface area (Å²) in [6.07, 6.45) is 0.773. The van der Waals surface area contributed by atoms with Crippen molar-refractivity contribution < 1.29 is 13.9 Å². The second kappa shape index (κ2) is 9.78. The molecular formula is C18H22ClFN2O2. The number of benzene rings is 2. The number of nitrogens with one attached hydrogen (secondary N) is 1. The summed E-state index contributed by atoms with van der Waals surface area (Å²) in [4.78, 5) is 11.9. The normalized spacial score (nSPS) is 11.2. The first-order valence-corrected chi connectivity index (χ1v) is 7.57. The van der Waals surface area contributed by atoms with E-state index < -0.39 is 0 Å². The van der Waals surface area contributed by atoms with Crippen molar-refractivity contribution in [1.29, 1.82) is 0 Å². The number of ether oxygens (including phenoxy) is 1. The third kappa shape index (κ3) is 6.46. The standard InChI is InChI=1S/C18H21FN2O2.ClH/c1-13(23-16-9-7-15(19)8-10-16)12-21-18(22)11-6-14-4-2-3-5-17(14)20;/h2-5,7-10,13H,6,11-12,20H2,1H3,(H,21,22);1H. The Morgan fingerprint density at radius 3 is 2.54 bits per heavy atom. The van der Waals surface area contributed by atoms with Crippen molar-refractivity contribution in [2.24, 2.45) is 0 Å². The number of hydrogen-bond donors (Lipinski definition) is 2. The number of carbonyl (C=O) groups is 1. The Balaban J connectivity index is 0.00000288. The van der Waals surface area contributed by atoms with Crippen LogP contribution in [0.15, 0.2) is 48.5 Å². The number of rotatable bonds is 7. The molecule has 0 saturated heterocycles. The van der Waals surface area contributed by atoms with Crippen LogP contribution in [0, 0.1) is 5.82 Å². The number of aryl methyl sites for hydroxylation is 1. The van der Waals surface area contributed by atoms with E-state index in [-0.39, 0.29) is 30.2 Å². The van der Waals surface area contributed by atoms with Gasteiger partial charge in [0.2, 0.25) is 5.91 Å². The molecule has 0 fully saturated rings. The van der Waals surface area contributed by atoms with Gasteiger partial charge in [0.05, 0.1) is 6.54 Å². The number of nitrogens with two attached hydrogens (primary N) is 1. The van der Waals surface area contributed by atoms with E-state index >= 15 is 0 Å². The molecule has 2 aromatic rings. The number of anilines is 1. The van der Waals surface area contributed by atoms with Crippen LogP contribution < -0.4 is 15.8 Å². The highest BCUT2D eigenvalue weighted by molar-refractivity contribution is 5.85. The molecule has 6 heteroatoms. The largest absolute Gasteiger partial charge is 0.489 e. The lowest BCUT2D eigenvalue weighted by Gasteiger charge is -2.15. The molecule has 2 aromatic carbocycles. The Labute approximate surface area is 147 Å².